The van der Waals surface area contributed by atoms with Gasteiger partial charge in [0.15, 0.2) is 0 Å². The van der Waals surface area contributed by atoms with E-state index in [1.54, 1.807) is 24.4 Å². The molecule has 6 nitrogen and oxygen atoms in total. The highest BCUT2D eigenvalue weighted by atomic mass is 35.5. The van der Waals surface area contributed by atoms with Crippen LogP contribution in [-0.2, 0) is 10.0 Å². The number of rotatable bonds is 4. The summed E-state index contributed by atoms with van der Waals surface area (Å²) in [5.41, 5.74) is 6.84. The first kappa shape index (κ1) is 15.4. The summed E-state index contributed by atoms with van der Waals surface area (Å²) in [6.45, 7) is 0. The zero-order chi connectivity index (χ0) is 16.6. The molecule has 1 aromatic heterocycles. The van der Waals surface area contributed by atoms with Crippen LogP contribution in [0, 0.1) is 5.41 Å². The Morgan fingerprint density at radius 1 is 1.17 bits per heavy atom. The Bertz CT molecular complexity index is 994. The number of hydrogen-bond acceptors (Lipinski definition) is 3. The quantitative estimate of drug-likeness (QED) is 0.429. The van der Waals surface area contributed by atoms with E-state index < -0.39 is 10.0 Å². The average Bonchev–Trinajstić information content (AvgIpc) is 2.90. The second-order valence-corrected chi connectivity index (χ2v) is 7.00. The molecule has 118 valence electrons. The largest absolute Gasteiger partial charge is 0.384 e. The van der Waals surface area contributed by atoms with Crippen molar-refractivity contribution >= 4 is 44.1 Å². The Kier molecular flexibility index (Phi) is 3.75. The standard InChI is InChI=1S/C15H13ClN4O2S/c16-12-8-19-14-11(12)2-1-3-13(14)20-23(21,22)10-6-4-9(5-7-10)15(17)18/h1-8,19-20H,(H3,17,18). The summed E-state index contributed by atoms with van der Waals surface area (Å²) >= 11 is 6.04. The van der Waals surface area contributed by atoms with Gasteiger partial charge in [-0.15, -0.1) is 0 Å². The predicted octanol–water partition coefficient (Wildman–Crippen LogP) is 2.91. The fourth-order valence-electron chi connectivity index (χ4n) is 2.22. The number of hydrogen-bond donors (Lipinski definition) is 4. The van der Waals surface area contributed by atoms with Crippen molar-refractivity contribution in [2.45, 2.75) is 4.90 Å². The van der Waals surface area contributed by atoms with E-state index in [0.29, 0.717) is 21.8 Å². The van der Waals surface area contributed by atoms with Gasteiger partial charge < -0.3 is 10.7 Å². The number of para-hydroxylation sites is 1. The maximum absolute atomic E-state index is 12.5. The summed E-state index contributed by atoms with van der Waals surface area (Å²) in [5.74, 6) is -0.118. The SMILES string of the molecule is N=C(N)c1ccc(S(=O)(=O)Nc2cccc3c(Cl)c[nH]c23)cc1. The van der Waals surface area contributed by atoms with Gasteiger partial charge in [0.2, 0.25) is 0 Å². The Balaban J connectivity index is 1.98. The van der Waals surface area contributed by atoms with Crippen molar-refractivity contribution in [2.24, 2.45) is 5.73 Å². The minimum atomic E-state index is -3.76. The number of nitrogens with two attached hydrogens (primary N) is 1. The molecule has 0 radical (unpaired) electrons. The minimum Gasteiger partial charge on any atom is -0.384 e. The number of nitrogens with one attached hydrogen (secondary N) is 3. The highest BCUT2D eigenvalue weighted by Crippen LogP contribution is 2.29. The Hall–Kier alpha value is -2.51. The van der Waals surface area contributed by atoms with Crippen molar-refractivity contribution in [2.75, 3.05) is 4.72 Å². The van der Waals surface area contributed by atoms with Gasteiger partial charge in [0.25, 0.3) is 10.0 Å². The topological polar surface area (TPSA) is 112 Å². The van der Waals surface area contributed by atoms with Gasteiger partial charge in [-0.2, -0.15) is 0 Å². The maximum atomic E-state index is 12.5. The molecule has 8 heteroatoms. The van der Waals surface area contributed by atoms with E-state index >= 15 is 0 Å². The van der Waals surface area contributed by atoms with Crippen LogP contribution in [0.5, 0.6) is 0 Å². The van der Waals surface area contributed by atoms with Gasteiger partial charge in [-0.05, 0) is 30.3 Å². The number of halogens is 1. The molecule has 3 rings (SSSR count). The zero-order valence-electron chi connectivity index (χ0n) is 11.8. The Morgan fingerprint density at radius 3 is 2.52 bits per heavy atom. The molecule has 23 heavy (non-hydrogen) atoms. The number of H-pyrrole nitrogens is 1. The van der Waals surface area contributed by atoms with Crippen LogP contribution < -0.4 is 10.5 Å². The van der Waals surface area contributed by atoms with Gasteiger partial charge in [0.05, 0.1) is 21.1 Å². The normalized spacial score (nSPS) is 11.5. The van der Waals surface area contributed by atoms with Crippen LogP contribution in [0.4, 0.5) is 5.69 Å². The number of amidine groups is 1. The molecule has 0 spiro atoms. The molecule has 0 fully saturated rings. The van der Waals surface area contributed by atoms with E-state index in [1.165, 1.54) is 24.3 Å². The van der Waals surface area contributed by atoms with Crippen molar-refractivity contribution in [3.63, 3.8) is 0 Å². The van der Waals surface area contributed by atoms with Crippen LogP contribution in [0.1, 0.15) is 5.56 Å². The molecule has 0 aliphatic heterocycles. The maximum Gasteiger partial charge on any atom is 0.261 e. The number of fused-ring (bicyclic) bond motifs is 1. The van der Waals surface area contributed by atoms with Crippen LogP contribution in [0.25, 0.3) is 10.9 Å². The van der Waals surface area contributed by atoms with Crippen molar-refractivity contribution in [3.8, 4) is 0 Å². The highest BCUT2D eigenvalue weighted by molar-refractivity contribution is 7.92. The number of benzene rings is 2. The lowest BCUT2D eigenvalue weighted by Gasteiger charge is -2.09. The van der Waals surface area contributed by atoms with E-state index in [2.05, 4.69) is 9.71 Å². The van der Waals surface area contributed by atoms with Crippen LogP contribution in [0.15, 0.2) is 53.6 Å². The lowest BCUT2D eigenvalue weighted by atomic mass is 10.2. The number of nitrogen functional groups attached to an aromatic ring is 1. The number of sulfonamides is 1. The van der Waals surface area contributed by atoms with Gasteiger partial charge >= 0.3 is 0 Å². The number of aromatic amines is 1. The van der Waals surface area contributed by atoms with Gasteiger partial charge in [0, 0.05) is 17.1 Å². The lowest BCUT2D eigenvalue weighted by molar-refractivity contribution is 0.601. The zero-order valence-corrected chi connectivity index (χ0v) is 13.4. The lowest BCUT2D eigenvalue weighted by Crippen LogP contribution is -2.14. The Labute approximate surface area is 137 Å². The molecule has 0 amide bonds. The van der Waals surface area contributed by atoms with Gasteiger partial charge in [-0.3, -0.25) is 10.1 Å². The van der Waals surface area contributed by atoms with Crippen LogP contribution in [-0.4, -0.2) is 19.2 Å². The molecule has 0 saturated heterocycles. The fourth-order valence-corrected chi connectivity index (χ4v) is 3.51. The van der Waals surface area contributed by atoms with Crippen molar-refractivity contribution in [3.05, 3.63) is 59.2 Å². The first-order chi connectivity index (χ1) is 10.9. The summed E-state index contributed by atoms with van der Waals surface area (Å²) in [6.07, 6.45) is 1.60. The van der Waals surface area contributed by atoms with E-state index in [-0.39, 0.29) is 10.7 Å². The summed E-state index contributed by atoms with van der Waals surface area (Å²) in [4.78, 5) is 3.03. The third-order valence-electron chi connectivity index (χ3n) is 3.38. The molecule has 0 unspecified atom stereocenters. The summed E-state index contributed by atoms with van der Waals surface area (Å²) in [7, 11) is -3.76. The van der Waals surface area contributed by atoms with E-state index in [1.807, 2.05) is 0 Å². The predicted molar refractivity (Wildman–Crippen MR) is 91.6 cm³/mol. The molecule has 1 heterocycles. The molecule has 0 aliphatic carbocycles. The minimum absolute atomic E-state index is 0.0807. The molecular weight excluding hydrogens is 336 g/mol. The molecular formula is C15H13ClN4O2S. The van der Waals surface area contributed by atoms with Crippen LogP contribution >= 0.6 is 11.6 Å². The molecule has 0 saturated carbocycles. The fraction of sp³-hybridized carbons (Fsp3) is 0. The Morgan fingerprint density at radius 2 is 1.87 bits per heavy atom. The van der Waals surface area contributed by atoms with Crippen molar-refractivity contribution in [1.82, 2.24) is 4.98 Å². The molecule has 0 aliphatic rings. The smallest absolute Gasteiger partial charge is 0.261 e. The number of aromatic nitrogens is 1. The highest BCUT2D eigenvalue weighted by Gasteiger charge is 2.16. The second kappa shape index (κ2) is 5.60. The van der Waals surface area contributed by atoms with E-state index in [4.69, 9.17) is 22.7 Å². The molecule has 2 aromatic carbocycles. The summed E-state index contributed by atoms with van der Waals surface area (Å²) < 4.78 is 27.5. The third kappa shape index (κ3) is 2.88. The molecule has 0 bridgehead atoms. The molecule has 0 atom stereocenters. The average molecular weight is 349 g/mol. The first-order valence-electron chi connectivity index (χ1n) is 6.61. The molecule has 5 N–H and O–H groups in total. The first-order valence-corrected chi connectivity index (χ1v) is 8.47. The van der Waals surface area contributed by atoms with Crippen molar-refractivity contribution < 1.29 is 8.42 Å². The van der Waals surface area contributed by atoms with Gasteiger partial charge in [-0.1, -0.05) is 23.7 Å². The summed E-state index contributed by atoms with van der Waals surface area (Å²) in [5, 5.41) is 8.59. The monoisotopic (exact) mass is 348 g/mol. The number of anilines is 1. The van der Waals surface area contributed by atoms with Crippen LogP contribution in [0.3, 0.4) is 0 Å². The van der Waals surface area contributed by atoms with E-state index in [0.717, 1.165) is 5.39 Å². The second-order valence-electron chi connectivity index (χ2n) is 4.91. The van der Waals surface area contributed by atoms with Crippen molar-refractivity contribution in [1.29, 1.82) is 5.41 Å². The van der Waals surface area contributed by atoms with E-state index in [9.17, 15) is 8.42 Å². The van der Waals surface area contributed by atoms with Gasteiger partial charge in [0.1, 0.15) is 5.84 Å². The molecule has 3 aromatic rings. The third-order valence-corrected chi connectivity index (χ3v) is 5.08. The summed E-state index contributed by atoms with van der Waals surface area (Å²) in [6, 6.07) is 11.0. The van der Waals surface area contributed by atoms with Crippen LogP contribution in [0.2, 0.25) is 5.02 Å². The van der Waals surface area contributed by atoms with Gasteiger partial charge in [-0.25, -0.2) is 8.42 Å².